The smallest absolute Gasteiger partial charge is 0.214 e. The molecule has 2 rings (SSSR count). The lowest BCUT2D eigenvalue weighted by Crippen LogP contribution is -2.44. The Bertz CT molecular complexity index is 652. The molecular formula is C18H29NO3S. The van der Waals surface area contributed by atoms with Crippen molar-refractivity contribution in [3.05, 3.63) is 29.3 Å². The van der Waals surface area contributed by atoms with Gasteiger partial charge in [0.25, 0.3) is 0 Å². The van der Waals surface area contributed by atoms with Crippen molar-refractivity contribution in [1.29, 1.82) is 0 Å². The van der Waals surface area contributed by atoms with Gasteiger partial charge in [-0.1, -0.05) is 25.5 Å². The van der Waals surface area contributed by atoms with Gasteiger partial charge in [0, 0.05) is 18.5 Å². The lowest BCUT2D eigenvalue weighted by molar-refractivity contribution is 0.0500. The highest BCUT2D eigenvalue weighted by Gasteiger charge is 2.40. The van der Waals surface area contributed by atoms with Crippen LogP contribution in [0.2, 0.25) is 0 Å². The van der Waals surface area contributed by atoms with E-state index < -0.39 is 10.0 Å². The van der Waals surface area contributed by atoms with Crippen LogP contribution in [0.5, 0.6) is 5.75 Å². The van der Waals surface area contributed by atoms with Gasteiger partial charge in [0.05, 0.1) is 11.8 Å². The number of ether oxygens (including phenoxy) is 1. The van der Waals surface area contributed by atoms with Crippen LogP contribution in [0.4, 0.5) is 0 Å². The maximum Gasteiger partial charge on any atom is 0.214 e. The Morgan fingerprint density at radius 3 is 2.61 bits per heavy atom. The first-order valence-corrected chi connectivity index (χ1v) is 10.1. The molecule has 1 aromatic carbocycles. The van der Waals surface area contributed by atoms with Gasteiger partial charge in [-0.05, 0) is 45.7 Å². The van der Waals surface area contributed by atoms with Crippen LogP contribution < -0.4 is 4.74 Å². The van der Waals surface area contributed by atoms with Gasteiger partial charge in [0.15, 0.2) is 0 Å². The van der Waals surface area contributed by atoms with Crippen molar-refractivity contribution in [3.63, 3.8) is 0 Å². The van der Waals surface area contributed by atoms with Crippen molar-refractivity contribution < 1.29 is 13.2 Å². The van der Waals surface area contributed by atoms with Crippen LogP contribution in [0.1, 0.15) is 64.1 Å². The SMILES string of the molecule is CCCCN(C1CC(C)(C)Oc2cc(C)ccc21)S(=O)(=O)CC. The van der Waals surface area contributed by atoms with Crippen molar-refractivity contribution in [3.8, 4) is 5.75 Å². The number of unbranched alkanes of at least 4 members (excludes halogenated alkanes) is 1. The highest BCUT2D eigenvalue weighted by Crippen LogP contribution is 2.44. The van der Waals surface area contributed by atoms with E-state index in [4.69, 9.17) is 4.74 Å². The van der Waals surface area contributed by atoms with Crippen LogP contribution in [0.25, 0.3) is 0 Å². The highest BCUT2D eigenvalue weighted by molar-refractivity contribution is 7.89. The van der Waals surface area contributed by atoms with Crippen LogP contribution in [0.15, 0.2) is 18.2 Å². The minimum absolute atomic E-state index is 0.135. The van der Waals surface area contributed by atoms with Gasteiger partial charge < -0.3 is 4.74 Å². The number of hydrogen-bond donors (Lipinski definition) is 0. The normalized spacial score (nSPS) is 20.2. The molecular weight excluding hydrogens is 310 g/mol. The monoisotopic (exact) mass is 339 g/mol. The Morgan fingerprint density at radius 1 is 1.30 bits per heavy atom. The topological polar surface area (TPSA) is 46.6 Å². The third kappa shape index (κ3) is 4.07. The average Bonchev–Trinajstić information content (AvgIpc) is 2.45. The number of hydrogen-bond acceptors (Lipinski definition) is 3. The van der Waals surface area contributed by atoms with Crippen molar-refractivity contribution in [1.82, 2.24) is 4.31 Å². The molecule has 0 fully saturated rings. The minimum Gasteiger partial charge on any atom is -0.487 e. The van der Waals surface area contributed by atoms with E-state index >= 15 is 0 Å². The third-order valence-electron chi connectivity index (χ3n) is 4.40. The zero-order valence-corrected chi connectivity index (χ0v) is 15.7. The molecule has 5 heteroatoms. The summed E-state index contributed by atoms with van der Waals surface area (Å²) in [4.78, 5) is 0. The van der Waals surface area contributed by atoms with Gasteiger partial charge in [0.2, 0.25) is 10.0 Å². The predicted octanol–water partition coefficient (Wildman–Crippen LogP) is 4.05. The predicted molar refractivity (Wildman–Crippen MR) is 94.3 cm³/mol. The summed E-state index contributed by atoms with van der Waals surface area (Å²) in [5.74, 6) is 0.953. The van der Waals surface area contributed by atoms with Gasteiger partial charge in [-0.3, -0.25) is 0 Å². The quantitative estimate of drug-likeness (QED) is 0.785. The first-order chi connectivity index (χ1) is 10.7. The largest absolute Gasteiger partial charge is 0.487 e. The number of benzene rings is 1. The fraction of sp³-hybridized carbons (Fsp3) is 0.667. The molecule has 1 unspecified atom stereocenters. The van der Waals surface area contributed by atoms with Gasteiger partial charge >= 0.3 is 0 Å². The molecule has 130 valence electrons. The van der Waals surface area contributed by atoms with Gasteiger partial charge in [-0.25, -0.2) is 8.42 Å². The molecule has 1 aliphatic rings. The fourth-order valence-electron chi connectivity index (χ4n) is 3.15. The number of sulfonamides is 1. The van der Waals surface area contributed by atoms with E-state index in [-0.39, 0.29) is 17.4 Å². The number of fused-ring (bicyclic) bond motifs is 1. The Morgan fingerprint density at radius 2 is 2.00 bits per heavy atom. The first-order valence-electron chi connectivity index (χ1n) is 8.49. The van der Waals surface area contributed by atoms with Crippen LogP contribution in [-0.2, 0) is 10.0 Å². The molecule has 0 amide bonds. The summed E-state index contributed by atoms with van der Waals surface area (Å²) in [5.41, 5.74) is 1.74. The zero-order valence-electron chi connectivity index (χ0n) is 14.9. The highest BCUT2D eigenvalue weighted by atomic mass is 32.2. The van der Waals surface area contributed by atoms with Crippen molar-refractivity contribution >= 4 is 10.0 Å². The summed E-state index contributed by atoms with van der Waals surface area (Å²) in [6, 6.07) is 5.92. The van der Waals surface area contributed by atoms with Crippen molar-refractivity contribution in [2.45, 2.75) is 65.5 Å². The maximum atomic E-state index is 12.7. The molecule has 0 N–H and O–H groups in total. The summed E-state index contributed by atoms with van der Waals surface area (Å²) in [6.07, 6.45) is 2.52. The van der Waals surface area contributed by atoms with E-state index in [2.05, 4.69) is 6.92 Å². The molecule has 0 saturated carbocycles. The van der Waals surface area contributed by atoms with Crippen LogP contribution in [0, 0.1) is 6.92 Å². The standard InChI is InChI=1S/C18H29NO3S/c1-6-8-11-19(23(20,21)7-2)16-13-18(4,5)22-17-12-14(3)9-10-15(16)17/h9-10,12,16H,6-8,11,13H2,1-5H3. The summed E-state index contributed by atoms with van der Waals surface area (Å²) in [6.45, 7) is 10.5. The minimum atomic E-state index is -3.26. The molecule has 0 bridgehead atoms. The second-order valence-corrected chi connectivity index (χ2v) is 9.20. The molecule has 0 aromatic heterocycles. The Labute approximate surface area is 140 Å². The van der Waals surface area contributed by atoms with Gasteiger partial charge in [-0.2, -0.15) is 4.31 Å². The molecule has 0 radical (unpaired) electrons. The molecule has 1 aromatic rings. The average molecular weight is 340 g/mol. The number of nitrogens with zero attached hydrogens (tertiary/aromatic N) is 1. The molecule has 0 spiro atoms. The van der Waals surface area contributed by atoms with Crippen molar-refractivity contribution in [2.24, 2.45) is 0 Å². The van der Waals surface area contributed by atoms with Crippen molar-refractivity contribution in [2.75, 3.05) is 12.3 Å². The lowest BCUT2D eigenvalue weighted by Gasteiger charge is -2.42. The second-order valence-electron chi connectivity index (χ2n) is 6.99. The summed E-state index contributed by atoms with van der Waals surface area (Å²) < 4.78 is 33.2. The van der Waals surface area contributed by atoms with Gasteiger partial charge in [-0.15, -0.1) is 0 Å². The van der Waals surface area contributed by atoms with Gasteiger partial charge in [0.1, 0.15) is 11.4 Å². The molecule has 1 atom stereocenters. The third-order valence-corrected chi connectivity index (χ3v) is 6.28. The molecule has 0 saturated heterocycles. The van der Waals surface area contributed by atoms with E-state index in [1.165, 1.54) is 0 Å². The maximum absolute atomic E-state index is 12.7. The second kappa shape index (κ2) is 6.81. The van der Waals surface area contributed by atoms with E-state index in [0.29, 0.717) is 13.0 Å². The van der Waals surface area contributed by atoms with Crippen LogP contribution in [0.3, 0.4) is 0 Å². The molecule has 23 heavy (non-hydrogen) atoms. The molecule has 4 nitrogen and oxygen atoms in total. The van der Waals surface area contributed by atoms with E-state index in [1.54, 1.807) is 11.2 Å². The molecule has 1 heterocycles. The fourth-order valence-corrected chi connectivity index (χ4v) is 4.46. The number of rotatable bonds is 6. The van der Waals surface area contributed by atoms with Crippen LogP contribution >= 0.6 is 0 Å². The molecule has 1 aliphatic heterocycles. The Kier molecular flexibility index (Phi) is 5.41. The van der Waals surface area contributed by atoms with E-state index in [1.807, 2.05) is 39.0 Å². The summed E-state index contributed by atoms with van der Waals surface area (Å²) in [5, 5.41) is 0. The zero-order chi connectivity index (χ0) is 17.3. The summed E-state index contributed by atoms with van der Waals surface area (Å²) >= 11 is 0. The van der Waals surface area contributed by atoms with E-state index in [0.717, 1.165) is 29.7 Å². The van der Waals surface area contributed by atoms with E-state index in [9.17, 15) is 8.42 Å². The molecule has 0 aliphatic carbocycles. The Balaban J connectivity index is 2.50. The lowest BCUT2D eigenvalue weighted by atomic mass is 9.89. The summed E-state index contributed by atoms with van der Waals surface area (Å²) in [7, 11) is -3.26. The first kappa shape index (κ1) is 18.3. The Hall–Kier alpha value is -1.07. The number of aryl methyl sites for hydroxylation is 1. The van der Waals surface area contributed by atoms with Crippen LogP contribution in [-0.4, -0.2) is 30.6 Å².